The fraction of sp³-hybridized carbons (Fsp3) is 0. The molecule has 0 aromatic carbocycles. The summed E-state index contributed by atoms with van der Waals surface area (Å²) in [7, 11) is -1.98. The lowest BCUT2D eigenvalue weighted by Gasteiger charge is -1.88. The van der Waals surface area contributed by atoms with E-state index in [-0.39, 0.29) is 17.4 Å². The Kier molecular flexibility index (Phi) is 9.62. The molecule has 2 nitrogen and oxygen atoms in total. The second-order valence-electron chi connectivity index (χ2n) is 0.808. The molecule has 0 aromatic heterocycles. The maximum Gasteiger partial charge on any atom is 0.257 e. The lowest BCUT2D eigenvalue weighted by Crippen LogP contribution is -1.54. The van der Waals surface area contributed by atoms with Crippen molar-refractivity contribution in [1.29, 1.82) is 0 Å². The number of rotatable bonds is 3. The molecule has 1 unspecified atom stereocenters. The third-order valence-corrected chi connectivity index (χ3v) is 1.10. The van der Waals surface area contributed by atoms with Gasteiger partial charge >= 0.3 is 0 Å². The first-order valence-corrected chi connectivity index (χ1v) is 3.14. The molecule has 4 heteroatoms. The molecule has 46 valence electrons. The van der Waals surface area contributed by atoms with Crippen molar-refractivity contribution in [3.63, 3.8) is 0 Å². The highest BCUT2D eigenvalue weighted by atomic mass is 31.1. The second-order valence-corrected chi connectivity index (χ2v) is 2.09. The molecular formula is C4H10AlO2P. The van der Waals surface area contributed by atoms with Crippen LogP contribution in [-0.4, -0.2) is 17.4 Å². The van der Waals surface area contributed by atoms with Crippen LogP contribution in [0.1, 0.15) is 0 Å². The highest BCUT2D eigenvalue weighted by Gasteiger charge is 1.80. The summed E-state index contributed by atoms with van der Waals surface area (Å²) in [6.45, 7) is 6.44. The molecule has 0 bridgehead atoms. The van der Waals surface area contributed by atoms with Crippen molar-refractivity contribution < 1.29 is 9.09 Å². The Bertz CT molecular complexity index is 102. The van der Waals surface area contributed by atoms with E-state index < -0.39 is 8.03 Å². The van der Waals surface area contributed by atoms with Crippen LogP contribution in [0.15, 0.2) is 25.2 Å². The fourth-order valence-electron chi connectivity index (χ4n) is 0.130. The second kappa shape index (κ2) is 7.04. The molecule has 8 heavy (non-hydrogen) atoms. The molecule has 0 saturated heterocycles. The van der Waals surface area contributed by atoms with Gasteiger partial charge < -0.3 is 4.52 Å². The van der Waals surface area contributed by atoms with Crippen molar-refractivity contribution in [3.8, 4) is 0 Å². The van der Waals surface area contributed by atoms with Crippen LogP contribution < -0.4 is 0 Å². The van der Waals surface area contributed by atoms with Crippen molar-refractivity contribution >= 4 is 25.4 Å². The lowest BCUT2D eigenvalue weighted by molar-refractivity contribution is 0.473. The third kappa shape index (κ3) is 6.04. The highest BCUT2D eigenvalue weighted by molar-refractivity contribution is 7.42. The maximum atomic E-state index is 10.2. The summed E-state index contributed by atoms with van der Waals surface area (Å²) in [6.07, 6.45) is 1.14. The molecular weight excluding hydrogens is 138 g/mol. The average molecular weight is 148 g/mol. The minimum atomic E-state index is -1.98. The standard InChI is InChI=1S/C4H7O2P.Al.3H/c1-3-6-7(5)4-2;;;;/h3-4,7H,1-2H2;;;;. The van der Waals surface area contributed by atoms with Gasteiger partial charge in [0.2, 0.25) is 0 Å². The van der Waals surface area contributed by atoms with E-state index >= 15 is 0 Å². The molecule has 0 aliphatic rings. The van der Waals surface area contributed by atoms with Gasteiger partial charge in [0.15, 0.2) is 17.4 Å². The first-order chi connectivity index (χ1) is 3.31. The molecule has 0 fully saturated rings. The monoisotopic (exact) mass is 148 g/mol. The van der Waals surface area contributed by atoms with Crippen LogP contribution in [-0.2, 0) is 9.09 Å². The Hall–Kier alpha value is 0.0425. The largest absolute Gasteiger partial charge is 0.451 e. The van der Waals surface area contributed by atoms with Crippen molar-refractivity contribution in [1.82, 2.24) is 0 Å². The zero-order valence-corrected chi connectivity index (χ0v) is 4.89. The Morgan fingerprint density at radius 1 is 1.50 bits per heavy atom. The normalized spacial score (nSPS) is 10.5. The predicted molar refractivity (Wildman–Crippen MR) is 40.4 cm³/mol. The van der Waals surface area contributed by atoms with Crippen molar-refractivity contribution in [3.05, 3.63) is 25.2 Å². The minimum absolute atomic E-state index is 0. The van der Waals surface area contributed by atoms with Crippen molar-refractivity contribution in [2.75, 3.05) is 0 Å². The van der Waals surface area contributed by atoms with E-state index in [9.17, 15) is 4.57 Å². The molecule has 0 amide bonds. The van der Waals surface area contributed by atoms with E-state index in [1.54, 1.807) is 0 Å². The Morgan fingerprint density at radius 3 is 2.12 bits per heavy atom. The molecule has 0 N–H and O–H groups in total. The van der Waals surface area contributed by atoms with Gasteiger partial charge in [0, 0.05) is 5.82 Å². The van der Waals surface area contributed by atoms with E-state index in [1.165, 1.54) is 5.82 Å². The maximum absolute atomic E-state index is 10.2. The number of hydrogen-bond acceptors (Lipinski definition) is 2. The van der Waals surface area contributed by atoms with Gasteiger partial charge in [-0.2, -0.15) is 0 Å². The van der Waals surface area contributed by atoms with Crippen molar-refractivity contribution in [2.24, 2.45) is 0 Å². The first kappa shape index (κ1) is 10.9. The van der Waals surface area contributed by atoms with Crippen LogP contribution in [0.3, 0.4) is 0 Å². The van der Waals surface area contributed by atoms with Gasteiger partial charge in [0.1, 0.15) is 0 Å². The van der Waals surface area contributed by atoms with Gasteiger partial charge in [-0.15, -0.1) is 0 Å². The molecule has 0 aromatic rings. The molecule has 0 aliphatic carbocycles. The Morgan fingerprint density at radius 2 is 2.00 bits per heavy atom. The first-order valence-electron chi connectivity index (χ1n) is 1.75. The Balaban J connectivity index is 0. The summed E-state index contributed by atoms with van der Waals surface area (Å²) in [5.41, 5.74) is 0. The molecule has 0 spiro atoms. The van der Waals surface area contributed by atoms with Crippen LogP contribution in [0.2, 0.25) is 0 Å². The SMILES string of the molecule is C=CO[PH](=O)C=C.[AlH3]. The quantitative estimate of drug-likeness (QED) is 0.332. The van der Waals surface area contributed by atoms with Crippen LogP contribution >= 0.6 is 8.03 Å². The van der Waals surface area contributed by atoms with Gasteiger partial charge in [-0.25, -0.2) is 0 Å². The van der Waals surface area contributed by atoms with Crippen LogP contribution in [0.4, 0.5) is 0 Å². The molecule has 0 heterocycles. The third-order valence-electron chi connectivity index (χ3n) is 0.366. The summed E-state index contributed by atoms with van der Waals surface area (Å²) in [5, 5.41) is 0. The van der Waals surface area contributed by atoms with E-state index in [0.29, 0.717) is 0 Å². The van der Waals surface area contributed by atoms with Crippen LogP contribution in [0.25, 0.3) is 0 Å². The zero-order valence-electron chi connectivity index (χ0n) is 3.89. The van der Waals surface area contributed by atoms with Gasteiger partial charge in [-0.05, 0) is 0 Å². The van der Waals surface area contributed by atoms with E-state index in [2.05, 4.69) is 17.7 Å². The summed E-state index contributed by atoms with van der Waals surface area (Å²) in [5.74, 6) is 1.26. The van der Waals surface area contributed by atoms with E-state index in [0.717, 1.165) is 6.26 Å². The average Bonchev–Trinajstić information content (AvgIpc) is 1.68. The van der Waals surface area contributed by atoms with Gasteiger partial charge in [0.05, 0.1) is 6.26 Å². The summed E-state index contributed by atoms with van der Waals surface area (Å²) < 4.78 is 14.6. The Labute approximate surface area is 60.2 Å². The van der Waals surface area contributed by atoms with Gasteiger partial charge in [0.25, 0.3) is 8.03 Å². The van der Waals surface area contributed by atoms with Gasteiger partial charge in [-0.1, -0.05) is 13.2 Å². The van der Waals surface area contributed by atoms with Crippen LogP contribution in [0, 0.1) is 0 Å². The summed E-state index contributed by atoms with van der Waals surface area (Å²) in [6, 6.07) is 0. The molecule has 1 atom stereocenters. The van der Waals surface area contributed by atoms with E-state index in [1.807, 2.05) is 0 Å². The summed E-state index contributed by atoms with van der Waals surface area (Å²) >= 11 is 0. The highest BCUT2D eigenvalue weighted by Crippen LogP contribution is 2.21. The number of hydrogen-bond donors (Lipinski definition) is 0. The van der Waals surface area contributed by atoms with Crippen LogP contribution in [0.5, 0.6) is 0 Å². The van der Waals surface area contributed by atoms with Crippen molar-refractivity contribution in [2.45, 2.75) is 0 Å². The van der Waals surface area contributed by atoms with E-state index in [4.69, 9.17) is 0 Å². The topological polar surface area (TPSA) is 26.3 Å². The van der Waals surface area contributed by atoms with Gasteiger partial charge in [-0.3, -0.25) is 4.57 Å². The smallest absolute Gasteiger partial charge is 0.257 e. The zero-order chi connectivity index (χ0) is 5.70. The molecule has 0 saturated carbocycles. The molecule has 0 aliphatic heterocycles. The predicted octanol–water partition coefficient (Wildman–Crippen LogP) is 0.581. The molecule has 0 radical (unpaired) electrons. The molecule has 0 rings (SSSR count). The lowest BCUT2D eigenvalue weighted by atomic mass is 11.2. The summed E-state index contributed by atoms with van der Waals surface area (Å²) in [4.78, 5) is 0. The minimum Gasteiger partial charge on any atom is -0.451 e. The fourth-order valence-corrected chi connectivity index (χ4v) is 0.391.